The summed E-state index contributed by atoms with van der Waals surface area (Å²) in [6.45, 7) is 2.10. The number of carbonyl (C=O) groups excluding carboxylic acids is 1. The Bertz CT molecular complexity index is 272. The second-order valence-corrected chi connectivity index (χ2v) is 5.03. The van der Waals surface area contributed by atoms with Crippen molar-refractivity contribution in [3.05, 3.63) is 0 Å². The average Bonchev–Trinajstić information content (AvgIpc) is 2.44. The maximum Gasteiger partial charge on any atom is 0.328 e. The molecule has 1 N–H and O–H groups in total. The van der Waals surface area contributed by atoms with E-state index in [1.54, 1.807) is 21.1 Å². The van der Waals surface area contributed by atoms with Crippen molar-refractivity contribution in [3.8, 4) is 0 Å². The molecule has 0 heterocycles. The largest absolute Gasteiger partial charge is 0.468 e. The van der Waals surface area contributed by atoms with Gasteiger partial charge in [0.15, 0.2) is 0 Å². The summed E-state index contributed by atoms with van der Waals surface area (Å²) in [7, 11) is 4.86. The number of rotatable bonds is 6. The molecule has 0 aromatic heterocycles. The summed E-state index contributed by atoms with van der Waals surface area (Å²) in [5, 5.41) is 2.96. The van der Waals surface area contributed by atoms with E-state index in [0.29, 0.717) is 6.61 Å². The first kappa shape index (κ1) is 15.4. The van der Waals surface area contributed by atoms with Crippen molar-refractivity contribution in [2.75, 3.05) is 27.9 Å². The second-order valence-electron chi connectivity index (χ2n) is 5.03. The lowest BCUT2D eigenvalue weighted by atomic mass is 9.94. The Hall–Kier alpha value is -0.650. The van der Waals surface area contributed by atoms with Crippen molar-refractivity contribution in [1.82, 2.24) is 5.32 Å². The first-order valence-electron chi connectivity index (χ1n) is 6.47. The zero-order valence-electron chi connectivity index (χ0n) is 11.8. The molecule has 0 aromatic carbocycles. The molecule has 5 nitrogen and oxygen atoms in total. The molecule has 1 rings (SSSR count). The Morgan fingerprint density at radius 3 is 2.56 bits per heavy atom. The SMILES string of the molecule is CNC(C)(COC1CCCC(OC)C1)C(=O)OC. The van der Waals surface area contributed by atoms with E-state index in [1.807, 2.05) is 0 Å². The molecule has 3 unspecified atom stereocenters. The lowest BCUT2D eigenvalue weighted by Gasteiger charge is -2.32. The number of carbonyl (C=O) groups is 1. The number of nitrogens with one attached hydrogen (secondary N) is 1. The summed E-state index contributed by atoms with van der Waals surface area (Å²) >= 11 is 0. The average molecular weight is 259 g/mol. The third-order valence-electron chi connectivity index (χ3n) is 3.71. The Balaban J connectivity index is 2.45. The van der Waals surface area contributed by atoms with Gasteiger partial charge in [-0.05, 0) is 39.7 Å². The van der Waals surface area contributed by atoms with Crippen LogP contribution in [-0.2, 0) is 19.0 Å². The highest BCUT2D eigenvalue weighted by Gasteiger charge is 2.34. The van der Waals surface area contributed by atoms with Crippen LogP contribution in [0.1, 0.15) is 32.6 Å². The smallest absolute Gasteiger partial charge is 0.328 e. The molecular formula is C13H25NO4. The van der Waals surface area contributed by atoms with Crippen LogP contribution in [0, 0.1) is 0 Å². The van der Waals surface area contributed by atoms with Gasteiger partial charge < -0.3 is 19.5 Å². The Morgan fingerprint density at radius 2 is 2.00 bits per heavy atom. The van der Waals surface area contributed by atoms with Crippen molar-refractivity contribution >= 4 is 5.97 Å². The molecule has 0 spiro atoms. The van der Waals surface area contributed by atoms with Crippen LogP contribution in [0.15, 0.2) is 0 Å². The number of hydrogen-bond donors (Lipinski definition) is 1. The van der Waals surface area contributed by atoms with Gasteiger partial charge in [0.05, 0.1) is 25.9 Å². The van der Waals surface area contributed by atoms with E-state index in [9.17, 15) is 4.79 Å². The fourth-order valence-corrected chi connectivity index (χ4v) is 2.21. The summed E-state index contributed by atoms with van der Waals surface area (Å²) in [6.07, 6.45) is 4.58. The second kappa shape index (κ2) is 7.07. The molecule has 0 radical (unpaired) electrons. The van der Waals surface area contributed by atoms with Gasteiger partial charge in [-0.1, -0.05) is 0 Å². The lowest BCUT2D eigenvalue weighted by Crippen LogP contribution is -2.53. The van der Waals surface area contributed by atoms with Crippen molar-refractivity contribution in [2.45, 2.75) is 50.4 Å². The summed E-state index contributed by atoms with van der Waals surface area (Å²) in [6, 6.07) is 0. The van der Waals surface area contributed by atoms with Crippen LogP contribution in [0.4, 0.5) is 0 Å². The molecular weight excluding hydrogens is 234 g/mol. The summed E-state index contributed by atoms with van der Waals surface area (Å²) in [5.41, 5.74) is -0.783. The van der Waals surface area contributed by atoms with Gasteiger partial charge in [0.1, 0.15) is 5.54 Å². The fraction of sp³-hybridized carbons (Fsp3) is 0.923. The van der Waals surface area contributed by atoms with Gasteiger partial charge in [0.2, 0.25) is 0 Å². The number of hydrogen-bond acceptors (Lipinski definition) is 5. The zero-order chi connectivity index (χ0) is 13.6. The van der Waals surface area contributed by atoms with Gasteiger partial charge in [-0.2, -0.15) is 0 Å². The molecule has 18 heavy (non-hydrogen) atoms. The molecule has 0 aliphatic heterocycles. The minimum absolute atomic E-state index is 0.168. The summed E-state index contributed by atoms with van der Waals surface area (Å²) in [4.78, 5) is 11.7. The van der Waals surface area contributed by atoms with Gasteiger partial charge in [0.25, 0.3) is 0 Å². The predicted octanol–water partition coefficient (Wildman–Crippen LogP) is 1.11. The van der Waals surface area contributed by atoms with Crippen LogP contribution in [0.5, 0.6) is 0 Å². The molecule has 106 valence electrons. The maximum absolute atomic E-state index is 11.7. The highest BCUT2D eigenvalue weighted by molar-refractivity contribution is 5.80. The first-order chi connectivity index (χ1) is 8.55. The number of ether oxygens (including phenoxy) is 3. The van der Waals surface area contributed by atoms with Gasteiger partial charge in [-0.25, -0.2) is 4.79 Å². The maximum atomic E-state index is 11.7. The van der Waals surface area contributed by atoms with Crippen molar-refractivity contribution in [1.29, 1.82) is 0 Å². The van der Waals surface area contributed by atoms with E-state index in [0.717, 1.165) is 25.7 Å². The van der Waals surface area contributed by atoms with Gasteiger partial charge in [-0.15, -0.1) is 0 Å². The van der Waals surface area contributed by atoms with Crippen molar-refractivity contribution < 1.29 is 19.0 Å². The van der Waals surface area contributed by atoms with Crippen molar-refractivity contribution in [3.63, 3.8) is 0 Å². The summed E-state index contributed by atoms with van der Waals surface area (Å²) < 4.78 is 16.0. The third kappa shape index (κ3) is 3.93. The predicted molar refractivity (Wildman–Crippen MR) is 68.5 cm³/mol. The fourth-order valence-electron chi connectivity index (χ4n) is 2.21. The van der Waals surface area contributed by atoms with Crippen LogP contribution in [0.2, 0.25) is 0 Å². The highest BCUT2D eigenvalue weighted by Crippen LogP contribution is 2.24. The Morgan fingerprint density at radius 1 is 1.33 bits per heavy atom. The lowest BCUT2D eigenvalue weighted by molar-refractivity contribution is -0.152. The molecule has 0 aromatic rings. The van der Waals surface area contributed by atoms with Gasteiger partial charge in [0, 0.05) is 7.11 Å². The van der Waals surface area contributed by atoms with Crippen LogP contribution in [-0.4, -0.2) is 51.6 Å². The van der Waals surface area contributed by atoms with E-state index < -0.39 is 5.54 Å². The quantitative estimate of drug-likeness (QED) is 0.724. The normalized spacial score (nSPS) is 27.6. The molecule has 1 fully saturated rings. The van der Waals surface area contributed by atoms with E-state index in [2.05, 4.69) is 5.32 Å². The monoisotopic (exact) mass is 259 g/mol. The molecule has 0 amide bonds. The minimum atomic E-state index is -0.783. The van der Waals surface area contributed by atoms with Crippen LogP contribution in [0.25, 0.3) is 0 Å². The van der Waals surface area contributed by atoms with Crippen LogP contribution >= 0.6 is 0 Å². The molecule has 3 atom stereocenters. The van der Waals surface area contributed by atoms with Crippen molar-refractivity contribution in [2.24, 2.45) is 0 Å². The van der Waals surface area contributed by atoms with Crippen LogP contribution < -0.4 is 5.32 Å². The zero-order valence-corrected chi connectivity index (χ0v) is 11.8. The molecule has 0 bridgehead atoms. The van der Waals surface area contributed by atoms with E-state index in [4.69, 9.17) is 14.2 Å². The summed E-state index contributed by atoms with van der Waals surface area (Å²) in [5.74, 6) is -0.302. The number of likely N-dealkylation sites (N-methyl/N-ethyl adjacent to an activating group) is 1. The molecule has 1 saturated carbocycles. The molecule has 1 aliphatic carbocycles. The highest BCUT2D eigenvalue weighted by atomic mass is 16.5. The molecule has 1 aliphatic rings. The van der Waals surface area contributed by atoms with Gasteiger partial charge in [-0.3, -0.25) is 0 Å². The van der Waals surface area contributed by atoms with Crippen LogP contribution in [0.3, 0.4) is 0 Å². The molecule has 5 heteroatoms. The Labute approximate surface area is 109 Å². The Kier molecular flexibility index (Phi) is 6.05. The molecule has 0 saturated heterocycles. The number of esters is 1. The van der Waals surface area contributed by atoms with E-state index in [-0.39, 0.29) is 18.2 Å². The van der Waals surface area contributed by atoms with E-state index >= 15 is 0 Å². The minimum Gasteiger partial charge on any atom is -0.468 e. The third-order valence-corrected chi connectivity index (χ3v) is 3.71. The standard InChI is InChI=1S/C13H25NO4/c1-13(14-2,12(15)17-4)9-18-11-7-5-6-10(8-11)16-3/h10-11,14H,5-9H2,1-4H3. The number of methoxy groups -OCH3 is 2. The van der Waals surface area contributed by atoms with Gasteiger partial charge >= 0.3 is 5.97 Å². The topological polar surface area (TPSA) is 56.8 Å². The van der Waals surface area contributed by atoms with E-state index in [1.165, 1.54) is 7.11 Å². The first-order valence-corrected chi connectivity index (χ1v) is 6.47.